The maximum atomic E-state index is 4.97. The van der Waals surface area contributed by atoms with Gasteiger partial charge in [-0.05, 0) is 23.1 Å². The maximum absolute atomic E-state index is 4.97. The Balaban J connectivity index is 2.66. The van der Waals surface area contributed by atoms with Crippen LogP contribution in [0.2, 0.25) is 0 Å². The van der Waals surface area contributed by atoms with Crippen molar-refractivity contribution in [1.82, 2.24) is 4.98 Å². The van der Waals surface area contributed by atoms with Crippen LogP contribution >= 0.6 is 0 Å². The van der Waals surface area contributed by atoms with Crippen LogP contribution in [0.15, 0.2) is 18.3 Å². The standard InChI is InChI=1S/C12H20N2O/c1-12(2,3)10-5-6-13-11(9-10)14-7-8-15-4/h5-6,9H,7-8H2,1-4H3,(H,13,14). The average Bonchev–Trinajstić information content (AvgIpc) is 2.17. The van der Waals surface area contributed by atoms with Gasteiger partial charge < -0.3 is 10.1 Å². The molecule has 3 heteroatoms. The Labute approximate surface area is 91.9 Å². The third-order valence-corrected chi connectivity index (χ3v) is 2.24. The number of nitrogens with one attached hydrogen (secondary N) is 1. The summed E-state index contributed by atoms with van der Waals surface area (Å²) in [5, 5.41) is 3.22. The minimum absolute atomic E-state index is 0.167. The summed E-state index contributed by atoms with van der Waals surface area (Å²) in [6.07, 6.45) is 1.84. The van der Waals surface area contributed by atoms with Gasteiger partial charge in [-0.2, -0.15) is 0 Å². The van der Waals surface area contributed by atoms with Crippen molar-refractivity contribution in [2.45, 2.75) is 26.2 Å². The van der Waals surface area contributed by atoms with Crippen molar-refractivity contribution < 1.29 is 4.74 Å². The van der Waals surface area contributed by atoms with E-state index in [1.807, 2.05) is 6.20 Å². The summed E-state index contributed by atoms with van der Waals surface area (Å²) in [5.74, 6) is 0.916. The normalized spacial score (nSPS) is 11.5. The summed E-state index contributed by atoms with van der Waals surface area (Å²) in [4.78, 5) is 4.26. The summed E-state index contributed by atoms with van der Waals surface area (Å²) in [6, 6.07) is 4.15. The van der Waals surface area contributed by atoms with Crippen LogP contribution in [0.1, 0.15) is 26.3 Å². The lowest BCUT2D eigenvalue weighted by molar-refractivity contribution is 0.210. The Morgan fingerprint density at radius 2 is 2.13 bits per heavy atom. The lowest BCUT2D eigenvalue weighted by Gasteiger charge is -2.19. The van der Waals surface area contributed by atoms with E-state index in [-0.39, 0.29) is 5.41 Å². The molecule has 3 nitrogen and oxygen atoms in total. The molecule has 1 aromatic heterocycles. The van der Waals surface area contributed by atoms with E-state index in [1.165, 1.54) is 5.56 Å². The third kappa shape index (κ3) is 3.88. The molecular weight excluding hydrogens is 188 g/mol. The van der Waals surface area contributed by atoms with E-state index in [0.717, 1.165) is 12.4 Å². The van der Waals surface area contributed by atoms with Crippen molar-refractivity contribution in [3.05, 3.63) is 23.9 Å². The van der Waals surface area contributed by atoms with Crippen molar-refractivity contribution in [3.8, 4) is 0 Å². The number of rotatable bonds is 4. The third-order valence-electron chi connectivity index (χ3n) is 2.24. The zero-order valence-electron chi connectivity index (χ0n) is 10.0. The van der Waals surface area contributed by atoms with Gasteiger partial charge in [0.25, 0.3) is 0 Å². The summed E-state index contributed by atoms with van der Waals surface area (Å²) < 4.78 is 4.97. The quantitative estimate of drug-likeness (QED) is 0.772. The van der Waals surface area contributed by atoms with E-state index < -0.39 is 0 Å². The van der Waals surface area contributed by atoms with Crippen molar-refractivity contribution in [3.63, 3.8) is 0 Å². The molecule has 0 atom stereocenters. The molecule has 1 rings (SSSR count). The fraction of sp³-hybridized carbons (Fsp3) is 0.583. The summed E-state index contributed by atoms with van der Waals surface area (Å²) in [5.41, 5.74) is 1.46. The molecule has 0 aliphatic carbocycles. The number of ether oxygens (including phenoxy) is 1. The van der Waals surface area contributed by atoms with Crippen LogP contribution in [-0.4, -0.2) is 25.2 Å². The van der Waals surface area contributed by atoms with E-state index in [2.05, 4.69) is 43.2 Å². The van der Waals surface area contributed by atoms with Crippen LogP contribution in [0.5, 0.6) is 0 Å². The zero-order valence-corrected chi connectivity index (χ0v) is 10.0. The van der Waals surface area contributed by atoms with Crippen LogP contribution < -0.4 is 5.32 Å². The molecule has 0 fully saturated rings. The van der Waals surface area contributed by atoms with Crippen molar-refractivity contribution >= 4 is 5.82 Å². The van der Waals surface area contributed by atoms with Crippen molar-refractivity contribution in [1.29, 1.82) is 0 Å². The monoisotopic (exact) mass is 208 g/mol. The van der Waals surface area contributed by atoms with Crippen LogP contribution in [0.4, 0.5) is 5.82 Å². The van der Waals surface area contributed by atoms with Gasteiger partial charge in [0.2, 0.25) is 0 Å². The number of pyridine rings is 1. The van der Waals surface area contributed by atoms with E-state index in [9.17, 15) is 0 Å². The van der Waals surface area contributed by atoms with Gasteiger partial charge in [0, 0.05) is 19.9 Å². The fourth-order valence-corrected chi connectivity index (χ4v) is 1.27. The second-order valence-electron chi connectivity index (χ2n) is 4.60. The molecule has 84 valence electrons. The Kier molecular flexibility index (Phi) is 4.09. The van der Waals surface area contributed by atoms with Gasteiger partial charge in [-0.25, -0.2) is 4.98 Å². The second-order valence-corrected chi connectivity index (χ2v) is 4.60. The summed E-state index contributed by atoms with van der Waals surface area (Å²) >= 11 is 0. The Morgan fingerprint density at radius 3 is 2.73 bits per heavy atom. The van der Waals surface area contributed by atoms with Crippen LogP contribution in [0, 0.1) is 0 Å². The average molecular weight is 208 g/mol. The molecule has 0 amide bonds. The molecule has 1 heterocycles. The molecule has 15 heavy (non-hydrogen) atoms. The molecule has 1 aromatic rings. The van der Waals surface area contributed by atoms with Gasteiger partial charge in [0.1, 0.15) is 5.82 Å². The number of anilines is 1. The molecule has 0 aliphatic heterocycles. The number of hydrogen-bond acceptors (Lipinski definition) is 3. The Bertz CT molecular complexity index is 305. The number of hydrogen-bond donors (Lipinski definition) is 1. The van der Waals surface area contributed by atoms with E-state index in [4.69, 9.17) is 4.74 Å². The first-order valence-electron chi connectivity index (χ1n) is 5.23. The predicted octanol–water partition coefficient (Wildman–Crippen LogP) is 2.44. The van der Waals surface area contributed by atoms with Crippen LogP contribution in [0.3, 0.4) is 0 Å². The molecule has 0 aliphatic rings. The highest BCUT2D eigenvalue weighted by Gasteiger charge is 2.13. The number of aromatic nitrogens is 1. The molecule has 0 spiro atoms. The smallest absolute Gasteiger partial charge is 0.126 e. The first-order valence-corrected chi connectivity index (χ1v) is 5.23. The highest BCUT2D eigenvalue weighted by Crippen LogP contribution is 2.23. The van der Waals surface area contributed by atoms with E-state index in [0.29, 0.717) is 6.61 Å². The minimum atomic E-state index is 0.167. The van der Waals surface area contributed by atoms with Crippen LogP contribution in [-0.2, 0) is 10.2 Å². The fourth-order valence-electron chi connectivity index (χ4n) is 1.27. The molecule has 0 aromatic carbocycles. The zero-order chi connectivity index (χ0) is 11.3. The lowest BCUT2D eigenvalue weighted by atomic mass is 9.88. The van der Waals surface area contributed by atoms with E-state index in [1.54, 1.807) is 7.11 Å². The number of nitrogens with zero attached hydrogens (tertiary/aromatic N) is 1. The maximum Gasteiger partial charge on any atom is 0.126 e. The lowest BCUT2D eigenvalue weighted by Crippen LogP contribution is -2.13. The second kappa shape index (κ2) is 5.12. The predicted molar refractivity (Wildman–Crippen MR) is 63.3 cm³/mol. The van der Waals surface area contributed by atoms with Crippen molar-refractivity contribution in [2.24, 2.45) is 0 Å². The number of methoxy groups -OCH3 is 1. The molecular formula is C12H20N2O. The molecule has 1 N–H and O–H groups in total. The Hall–Kier alpha value is -1.09. The summed E-state index contributed by atoms with van der Waals surface area (Å²) in [7, 11) is 1.70. The topological polar surface area (TPSA) is 34.1 Å². The highest BCUT2D eigenvalue weighted by molar-refractivity contribution is 5.39. The van der Waals surface area contributed by atoms with Gasteiger partial charge in [-0.1, -0.05) is 20.8 Å². The molecule has 0 unspecified atom stereocenters. The van der Waals surface area contributed by atoms with Crippen molar-refractivity contribution in [2.75, 3.05) is 25.6 Å². The van der Waals surface area contributed by atoms with Crippen LogP contribution in [0.25, 0.3) is 0 Å². The van der Waals surface area contributed by atoms with E-state index >= 15 is 0 Å². The first kappa shape index (κ1) is 12.0. The van der Waals surface area contributed by atoms with Gasteiger partial charge in [0.15, 0.2) is 0 Å². The SMILES string of the molecule is COCCNc1cc(C(C)(C)C)ccn1. The Morgan fingerprint density at radius 1 is 1.40 bits per heavy atom. The summed E-state index contributed by atoms with van der Waals surface area (Å²) in [6.45, 7) is 8.07. The minimum Gasteiger partial charge on any atom is -0.383 e. The van der Waals surface area contributed by atoms with Gasteiger partial charge >= 0.3 is 0 Å². The first-order chi connectivity index (χ1) is 7.04. The molecule has 0 saturated carbocycles. The molecule has 0 saturated heterocycles. The van der Waals surface area contributed by atoms with Gasteiger partial charge in [0.05, 0.1) is 6.61 Å². The van der Waals surface area contributed by atoms with Gasteiger partial charge in [-0.15, -0.1) is 0 Å². The highest BCUT2D eigenvalue weighted by atomic mass is 16.5. The molecule has 0 radical (unpaired) electrons. The van der Waals surface area contributed by atoms with Gasteiger partial charge in [-0.3, -0.25) is 0 Å². The molecule has 0 bridgehead atoms. The largest absolute Gasteiger partial charge is 0.383 e.